The Labute approximate surface area is 123 Å². The molecular formula is C16H17N3O2. The molecule has 0 spiro atoms. The van der Waals surface area contributed by atoms with Gasteiger partial charge in [0.2, 0.25) is 0 Å². The largest absolute Gasteiger partial charge is 0.384 e. The van der Waals surface area contributed by atoms with Crippen molar-refractivity contribution in [2.24, 2.45) is 7.05 Å². The lowest BCUT2D eigenvalue weighted by atomic mass is 10.0. The number of carbonyl (C=O) groups excluding carboxylic acids is 1. The van der Waals surface area contributed by atoms with Crippen molar-refractivity contribution in [1.29, 1.82) is 0 Å². The van der Waals surface area contributed by atoms with Crippen molar-refractivity contribution in [2.75, 3.05) is 11.9 Å². The number of rotatable bonds is 2. The Balaban J connectivity index is 2.25. The first-order valence-corrected chi connectivity index (χ1v) is 6.53. The van der Waals surface area contributed by atoms with E-state index in [9.17, 15) is 4.79 Å². The summed E-state index contributed by atoms with van der Waals surface area (Å²) in [5, 5.41) is 15.8. The van der Waals surface area contributed by atoms with E-state index in [1.54, 1.807) is 30.1 Å². The van der Waals surface area contributed by atoms with Crippen LogP contribution in [0.3, 0.4) is 0 Å². The number of carbonyl (C=O) groups is 1. The molecule has 0 saturated heterocycles. The van der Waals surface area contributed by atoms with Crippen molar-refractivity contribution < 1.29 is 9.90 Å². The Bertz CT molecular complexity index is 736. The van der Waals surface area contributed by atoms with Crippen molar-refractivity contribution in [3.05, 3.63) is 46.8 Å². The SMILES string of the molecule is Cc1ccc(C(=O)Nc2cn(C)nc2C)cc1C#CCO. The molecule has 1 aromatic heterocycles. The molecule has 21 heavy (non-hydrogen) atoms. The van der Waals surface area contributed by atoms with Gasteiger partial charge >= 0.3 is 0 Å². The lowest BCUT2D eigenvalue weighted by molar-refractivity contribution is 0.102. The zero-order valence-corrected chi connectivity index (χ0v) is 12.3. The second-order valence-corrected chi connectivity index (χ2v) is 4.75. The Kier molecular flexibility index (Phi) is 4.41. The summed E-state index contributed by atoms with van der Waals surface area (Å²) in [4.78, 5) is 12.3. The van der Waals surface area contributed by atoms with Crippen LogP contribution in [-0.2, 0) is 7.05 Å². The number of aryl methyl sites for hydroxylation is 3. The van der Waals surface area contributed by atoms with Crippen LogP contribution in [-0.4, -0.2) is 27.4 Å². The molecule has 0 atom stereocenters. The molecule has 0 radical (unpaired) electrons. The van der Waals surface area contributed by atoms with Gasteiger partial charge in [-0.2, -0.15) is 5.10 Å². The number of nitrogens with one attached hydrogen (secondary N) is 1. The Morgan fingerprint density at radius 2 is 2.19 bits per heavy atom. The summed E-state index contributed by atoms with van der Waals surface area (Å²) >= 11 is 0. The average Bonchev–Trinajstić information content (AvgIpc) is 2.76. The van der Waals surface area contributed by atoms with Gasteiger partial charge in [0, 0.05) is 24.4 Å². The van der Waals surface area contributed by atoms with Crippen LogP contribution in [0.15, 0.2) is 24.4 Å². The average molecular weight is 283 g/mol. The van der Waals surface area contributed by atoms with Crippen LogP contribution in [0.2, 0.25) is 0 Å². The summed E-state index contributed by atoms with van der Waals surface area (Å²) in [6, 6.07) is 5.31. The van der Waals surface area contributed by atoms with Gasteiger partial charge in [-0.25, -0.2) is 0 Å². The lowest BCUT2D eigenvalue weighted by Gasteiger charge is -2.06. The minimum absolute atomic E-state index is 0.204. The molecule has 2 rings (SSSR count). The van der Waals surface area contributed by atoms with Crippen LogP contribution in [0, 0.1) is 25.7 Å². The highest BCUT2D eigenvalue weighted by molar-refractivity contribution is 6.04. The molecule has 1 aromatic carbocycles. The molecule has 0 bridgehead atoms. The zero-order valence-electron chi connectivity index (χ0n) is 12.3. The van der Waals surface area contributed by atoms with Crippen molar-refractivity contribution in [1.82, 2.24) is 9.78 Å². The van der Waals surface area contributed by atoms with Gasteiger partial charge in [-0.15, -0.1) is 0 Å². The fourth-order valence-electron chi connectivity index (χ4n) is 1.95. The molecular weight excluding hydrogens is 266 g/mol. The highest BCUT2D eigenvalue weighted by atomic mass is 16.2. The standard InChI is InChI=1S/C16H17N3O2/c1-11-6-7-14(9-13(11)5-4-8-20)16(21)17-15-10-19(3)18-12(15)2/h6-7,9-10,20H,8H2,1-3H3,(H,17,21). The van der Waals surface area contributed by atoms with E-state index in [1.807, 2.05) is 19.9 Å². The summed E-state index contributed by atoms with van der Waals surface area (Å²) in [7, 11) is 1.80. The first kappa shape index (κ1) is 14.8. The molecule has 0 aliphatic heterocycles. The van der Waals surface area contributed by atoms with Gasteiger partial charge in [-0.05, 0) is 31.5 Å². The van der Waals surface area contributed by atoms with E-state index >= 15 is 0 Å². The predicted molar refractivity (Wildman–Crippen MR) is 81.0 cm³/mol. The molecule has 5 nitrogen and oxygen atoms in total. The van der Waals surface area contributed by atoms with E-state index in [1.165, 1.54) is 0 Å². The second kappa shape index (κ2) is 6.25. The van der Waals surface area contributed by atoms with E-state index in [4.69, 9.17) is 5.11 Å². The number of hydrogen-bond donors (Lipinski definition) is 2. The molecule has 108 valence electrons. The summed E-state index contributed by atoms with van der Waals surface area (Å²) in [6.07, 6.45) is 1.76. The second-order valence-electron chi connectivity index (χ2n) is 4.75. The number of nitrogens with zero attached hydrogens (tertiary/aromatic N) is 2. The maximum atomic E-state index is 12.3. The topological polar surface area (TPSA) is 67.2 Å². The summed E-state index contributed by atoms with van der Waals surface area (Å²) in [6.45, 7) is 3.54. The molecule has 2 aromatic rings. The summed E-state index contributed by atoms with van der Waals surface area (Å²) < 4.78 is 1.65. The fourth-order valence-corrected chi connectivity index (χ4v) is 1.95. The number of aliphatic hydroxyl groups excluding tert-OH is 1. The van der Waals surface area contributed by atoms with Crippen LogP contribution < -0.4 is 5.32 Å². The maximum Gasteiger partial charge on any atom is 0.255 e. The normalized spacial score (nSPS) is 9.90. The molecule has 0 unspecified atom stereocenters. The van der Waals surface area contributed by atoms with Crippen molar-refractivity contribution in [3.63, 3.8) is 0 Å². The van der Waals surface area contributed by atoms with Gasteiger partial charge in [-0.1, -0.05) is 17.9 Å². The monoisotopic (exact) mass is 283 g/mol. The molecule has 1 heterocycles. The van der Waals surface area contributed by atoms with Crippen molar-refractivity contribution in [3.8, 4) is 11.8 Å². The number of benzene rings is 1. The van der Waals surface area contributed by atoms with Gasteiger partial charge < -0.3 is 10.4 Å². The van der Waals surface area contributed by atoms with Crippen LogP contribution in [0.25, 0.3) is 0 Å². The van der Waals surface area contributed by atoms with Crippen LogP contribution in [0.5, 0.6) is 0 Å². The Morgan fingerprint density at radius 1 is 1.43 bits per heavy atom. The van der Waals surface area contributed by atoms with Crippen molar-refractivity contribution in [2.45, 2.75) is 13.8 Å². The first-order chi connectivity index (χ1) is 10.0. The summed E-state index contributed by atoms with van der Waals surface area (Å²) in [5.74, 6) is 5.22. The number of anilines is 1. The molecule has 0 aliphatic rings. The molecule has 1 amide bonds. The third kappa shape index (κ3) is 3.50. The number of hydrogen-bond acceptors (Lipinski definition) is 3. The third-order valence-corrected chi connectivity index (χ3v) is 3.06. The minimum Gasteiger partial charge on any atom is -0.384 e. The van der Waals surface area contributed by atoms with Gasteiger partial charge in [0.25, 0.3) is 5.91 Å². The molecule has 0 saturated carbocycles. The molecule has 0 aliphatic carbocycles. The molecule has 2 N–H and O–H groups in total. The molecule has 0 fully saturated rings. The van der Waals surface area contributed by atoms with Crippen molar-refractivity contribution >= 4 is 11.6 Å². The van der Waals surface area contributed by atoms with Crippen LogP contribution in [0.4, 0.5) is 5.69 Å². The Morgan fingerprint density at radius 3 is 2.81 bits per heavy atom. The van der Waals surface area contributed by atoms with Crippen LogP contribution >= 0.6 is 0 Å². The highest BCUT2D eigenvalue weighted by Gasteiger charge is 2.11. The molecule has 5 heteroatoms. The highest BCUT2D eigenvalue weighted by Crippen LogP contribution is 2.15. The van der Waals surface area contributed by atoms with E-state index < -0.39 is 0 Å². The van der Waals surface area contributed by atoms with Gasteiger partial charge in [0.1, 0.15) is 6.61 Å². The van der Waals surface area contributed by atoms with Crippen LogP contribution in [0.1, 0.15) is 27.2 Å². The van der Waals surface area contributed by atoms with E-state index in [0.29, 0.717) is 11.3 Å². The van der Waals surface area contributed by atoms with Gasteiger partial charge in [0.05, 0.1) is 11.4 Å². The fraction of sp³-hybridized carbons (Fsp3) is 0.250. The minimum atomic E-state index is -0.210. The quantitative estimate of drug-likeness (QED) is 0.823. The summed E-state index contributed by atoms with van der Waals surface area (Å²) in [5.41, 5.74) is 3.67. The maximum absolute atomic E-state index is 12.3. The van der Waals surface area contributed by atoms with E-state index in [0.717, 1.165) is 16.8 Å². The number of aromatic nitrogens is 2. The first-order valence-electron chi connectivity index (χ1n) is 6.53. The Hall–Kier alpha value is -2.58. The number of amides is 1. The third-order valence-electron chi connectivity index (χ3n) is 3.06. The predicted octanol–water partition coefficient (Wildman–Crippen LogP) is 1.63. The van der Waals surface area contributed by atoms with E-state index in [2.05, 4.69) is 22.3 Å². The number of aliphatic hydroxyl groups is 1. The van der Waals surface area contributed by atoms with E-state index in [-0.39, 0.29) is 12.5 Å². The lowest BCUT2D eigenvalue weighted by Crippen LogP contribution is -2.12. The smallest absolute Gasteiger partial charge is 0.255 e. The van der Waals surface area contributed by atoms with Gasteiger partial charge in [-0.3, -0.25) is 9.48 Å². The van der Waals surface area contributed by atoms with Gasteiger partial charge in [0.15, 0.2) is 0 Å². The zero-order chi connectivity index (χ0) is 15.4.